The van der Waals surface area contributed by atoms with E-state index in [4.69, 9.17) is 18.9 Å². The summed E-state index contributed by atoms with van der Waals surface area (Å²) in [5.41, 5.74) is 2.19. The van der Waals surface area contributed by atoms with Gasteiger partial charge in [0.2, 0.25) is 11.7 Å². The fourth-order valence-corrected chi connectivity index (χ4v) is 6.36. The number of aromatic nitrogens is 3. The number of carbonyl (C=O) groups is 2. The second-order valence-corrected chi connectivity index (χ2v) is 10.3. The van der Waals surface area contributed by atoms with Gasteiger partial charge >= 0.3 is 5.97 Å². The minimum atomic E-state index is -0.393. The number of rotatable bonds is 12. The van der Waals surface area contributed by atoms with Crippen LogP contribution in [0.1, 0.15) is 34.1 Å². The number of hydrogen-bond donors (Lipinski definition) is 1. The maximum Gasteiger partial charge on any atom is 0.341 e. The molecule has 0 saturated carbocycles. The summed E-state index contributed by atoms with van der Waals surface area (Å²) in [6, 6.07) is 3.58. The van der Waals surface area contributed by atoms with Crippen LogP contribution in [0.15, 0.2) is 29.9 Å². The smallest absolute Gasteiger partial charge is 0.341 e. The highest BCUT2D eigenvalue weighted by molar-refractivity contribution is 7.99. The lowest BCUT2D eigenvalue weighted by molar-refractivity contribution is -0.113. The molecule has 202 valence electrons. The van der Waals surface area contributed by atoms with Gasteiger partial charge in [-0.25, -0.2) is 4.79 Å². The zero-order valence-corrected chi connectivity index (χ0v) is 23.4. The SMILES string of the molecule is C=CCn1c(SCC(=O)Nc2sc3c(c2C(=O)OCC)CCC3)nnc1-c1cc(OC)c(OC)c(OC)c1. The fraction of sp³-hybridized carbons (Fsp3) is 0.385. The molecule has 0 atom stereocenters. The van der Waals surface area contributed by atoms with Crippen LogP contribution < -0.4 is 19.5 Å². The summed E-state index contributed by atoms with van der Waals surface area (Å²) in [7, 11) is 4.63. The monoisotopic (exact) mass is 558 g/mol. The Morgan fingerprint density at radius 3 is 2.53 bits per heavy atom. The number of anilines is 1. The first-order valence-corrected chi connectivity index (χ1v) is 13.8. The molecule has 1 aromatic carbocycles. The Morgan fingerprint density at radius 2 is 1.89 bits per heavy atom. The molecule has 12 heteroatoms. The number of methoxy groups -OCH3 is 3. The molecule has 0 saturated heterocycles. The molecule has 0 aliphatic heterocycles. The first-order valence-electron chi connectivity index (χ1n) is 12.0. The summed E-state index contributed by atoms with van der Waals surface area (Å²) in [5, 5.41) is 12.7. The van der Waals surface area contributed by atoms with Crippen molar-refractivity contribution in [2.24, 2.45) is 0 Å². The summed E-state index contributed by atoms with van der Waals surface area (Å²) in [4.78, 5) is 26.7. The van der Waals surface area contributed by atoms with Crippen molar-refractivity contribution in [3.63, 3.8) is 0 Å². The van der Waals surface area contributed by atoms with Crippen molar-refractivity contribution in [3.8, 4) is 28.6 Å². The molecule has 3 aromatic rings. The summed E-state index contributed by atoms with van der Waals surface area (Å²) in [5.74, 6) is 1.45. The molecule has 1 amide bonds. The zero-order chi connectivity index (χ0) is 27.2. The Kier molecular flexibility index (Phi) is 8.95. The van der Waals surface area contributed by atoms with E-state index in [1.807, 2.05) is 4.57 Å². The molecule has 0 spiro atoms. The quantitative estimate of drug-likeness (QED) is 0.193. The van der Waals surface area contributed by atoms with Crippen LogP contribution in [-0.4, -0.2) is 60.3 Å². The molecule has 38 heavy (non-hydrogen) atoms. The van der Waals surface area contributed by atoms with Crippen molar-refractivity contribution in [1.82, 2.24) is 14.8 Å². The maximum atomic E-state index is 12.9. The standard InChI is InChI=1S/C26H30N4O6S2/c1-6-11-30-23(15-12-17(33-3)22(35-5)18(13-15)34-4)28-29-26(30)37-14-20(31)27-24-21(25(32)36-7-2)16-9-8-10-19(16)38-24/h6,12-13H,1,7-11,14H2,2-5H3,(H,27,31). The maximum absolute atomic E-state index is 12.9. The van der Waals surface area contributed by atoms with E-state index in [2.05, 4.69) is 22.1 Å². The number of thioether (sulfide) groups is 1. The number of allylic oxidation sites excluding steroid dienone is 1. The fourth-order valence-electron chi connectivity index (χ4n) is 4.32. The Labute approximate surface area is 229 Å². The minimum Gasteiger partial charge on any atom is -0.493 e. The predicted molar refractivity (Wildman–Crippen MR) is 147 cm³/mol. The first-order chi connectivity index (χ1) is 18.4. The summed E-state index contributed by atoms with van der Waals surface area (Å²) in [6.07, 6.45) is 4.46. The van der Waals surface area contributed by atoms with E-state index in [-0.39, 0.29) is 18.3 Å². The first kappa shape index (κ1) is 27.5. The molecule has 0 radical (unpaired) electrons. The van der Waals surface area contributed by atoms with Gasteiger partial charge in [-0.2, -0.15) is 0 Å². The van der Waals surface area contributed by atoms with Crippen LogP contribution in [0.25, 0.3) is 11.4 Å². The second-order valence-electron chi connectivity index (χ2n) is 8.24. The van der Waals surface area contributed by atoms with Crippen LogP contribution in [-0.2, 0) is 28.9 Å². The molecule has 0 unspecified atom stereocenters. The topological polar surface area (TPSA) is 114 Å². The van der Waals surface area contributed by atoms with Crippen LogP contribution in [0.5, 0.6) is 17.2 Å². The van der Waals surface area contributed by atoms with E-state index in [1.54, 1.807) is 46.5 Å². The molecule has 1 aliphatic carbocycles. The number of amides is 1. The third-order valence-electron chi connectivity index (χ3n) is 5.94. The van der Waals surface area contributed by atoms with Gasteiger partial charge in [0.05, 0.1) is 39.3 Å². The van der Waals surface area contributed by atoms with Crippen molar-refractivity contribution in [2.45, 2.75) is 37.9 Å². The molecule has 0 bridgehead atoms. The molecule has 4 rings (SSSR count). The van der Waals surface area contributed by atoms with Gasteiger partial charge in [0, 0.05) is 17.0 Å². The molecule has 2 aromatic heterocycles. The number of ether oxygens (including phenoxy) is 4. The van der Waals surface area contributed by atoms with Gasteiger partial charge in [-0.15, -0.1) is 28.1 Å². The number of esters is 1. The number of carbonyl (C=O) groups excluding carboxylic acids is 2. The van der Waals surface area contributed by atoms with E-state index in [0.29, 0.717) is 50.9 Å². The third-order valence-corrected chi connectivity index (χ3v) is 8.11. The van der Waals surface area contributed by atoms with Crippen LogP contribution >= 0.6 is 23.1 Å². The molecule has 10 nitrogen and oxygen atoms in total. The van der Waals surface area contributed by atoms with Crippen LogP contribution in [0.2, 0.25) is 0 Å². The lowest BCUT2D eigenvalue weighted by Crippen LogP contribution is -2.17. The number of thiophene rings is 1. The predicted octanol–water partition coefficient (Wildman–Crippen LogP) is 4.61. The van der Waals surface area contributed by atoms with Crippen molar-refractivity contribution < 1.29 is 28.5 Å². The number of nitrogens with zero attached hydrogens (tertiary/aromatic N) is 3. The molecule has 0 fully saturated rings. The molecular weight excluding hydrogens is 528 g/mol. The van der Waals surface area contributed by atoms with Crippen molar-refractivity contribution >= 4 is 40.0 Å². The van der Waals surface area contributed by atoms with Gasteiger partial charge < -0.3 is 24.3 Å². The van der Waals surface area contributed by atoms with Gasteiger partial charge in [0.15, 0.2) is 22.5 Å². The van der Waals surface area contributed by atoms with E-state index in [9.17, 15) is 9.59 Å². The average molecular weight is 559 g/mol. The van der Waals surface area contributed by atoms with E-state index < -0.39 is 5.97 Å². The second kappa shape index (κ2) is 12.4. The number of benzene rings is 1. The summed E-state index contributed by atoms with van der Waals surface area (Å²) < 4.78 is 23.5. The highest BCUT2D eigenvalue weighted by Crippen LogP contribution is 2.42. The van der Waals surface area contributed by atoms with Crippen molar-refractivity contribution in [1.29, 1.82) is 0 Å². The van der Waals surface area contributed by atoms with Crippen LogP contribution in [0.3, 0.4) is 0 Å². The highest BCUT2D eigenvalue weighted by Gasteiger charge is 2.28. The largest absolute Gasteiger partial charge is 0.493 e. The van der Waals surface area contributed by atoms with E-state index in [0.717, 1.165) is 29.7 Å². The molecular formula is C26H30N4O6S2. The van der Waals surface area contributed by atoms with Crippen LogP contribution in [0, 0.1) is 0 Å². The molecule has 2 heterocycles. The lowest BCUT2D eigenvalue weighted by atomic mass is 10.1. The number of aryl methyl sites for hydroxylation is 1. The Morgan fingerprint density at radius 1 is 1.16 bits per heavy atom. The Balaban J connectivity index is 1.54. The highest BCUT2D eigenvalue weighted by atomic mass is 32.2. The summed E-state index contributed by atoms with van der Waals surface area (Å²) >= 11 is 2.70. The van der Waals surface area contributed by atoms with E-state index in [1.165, 1.54) is 23.1 Å². The average Bonchev–Trinajstić information content (AvgIpc) is 3.61. The Hall–Kier alpha value is -3.51. The van der Waals surface area contributed by atoms with Gasteiger partial charge in [0.25, 0.3) is 0 Å². The van der Waals surface area contributed by atoms with Gasteiger partial charge in [0.1, 0.15) is 5.00 Å². The minimum absolute atomic E-state index is 0.0787. The van der Waals surface area contributed by atoms with Gasteiger partial charge in [-0.05, 0) is 43.9 Å². The third kappa shape index (κ3) is 5.51. The lowest BCUT2D eigenvalue weighted by Gasteiger charge is -2.14. The van der Waals surface area contributed by atoms with Crippen LogP contribution in [0.4, 0.5) is 5.00 Å². The van der Waals surface area contributed by atoms with Crippen molar-refractivity contribution in [2.75, 3.05) is 39.0 Å². The van der Waals surface area contributed by atoms with Gasteiger partial charge in [-0.1, -0.05) is 17.8 Å². The number of nitrogens with one attached hydrogen (secondary N) is 1. The van der Waals surface area contributed by atoms with E-state index >= 15 is 0 Å². The normalized spacial score (nSPS) is 12.1. The number of hydrogen-bond acceptors (Lipinski definition) is 10. The number of fused-ring (bicyclic) bond motifs is 1. The molecule has 1 N–H and O–H groups in total. The van der Waals surface area contributed by atoms with Gasteiger partial charge in [-0.3, -0.25) is 9.36 Å². The van der Waals surface area contributed by atoms with Crippen molar-refractivity contribution in [3.05, 3.63) is 40.8 Å². The Bertz CT molecular complexity index is 1320. The summed E-state index contributed by atoms with van der Waals surface area (Å²) in [6.45, 7) is 6.32. The zero-order valence-electron chi connectivity index (χ0n) is 21.8. The molecule has 1 aliphatic rings.